The van der Waals surface area contributed by atoms with Crippen molar-refractivity contribution in [3.63, 3.8) is 0 Å². The number of carboxylic acid groups (broad SMARTS) is 1. The lowest BCUT2D eigenvalue weighted by Crippen LogP contribution is -2.55. The molecule has 0 heterocycles. The lowest BCUT2D eigenvalue weighted by molar-refractivity contribution is -0.889. The summed E-state index contributed by atoms with van der Waals surface area (Å²) in [6, 6.07) is -0.724. The molecule has 0 spiro atoms. The van der Waals surface area contributed by atoms with Gasteiger partial charge in [0.25, 0.3) is 0 Å². The highest BCUT2D eigenvalue weighted by molar-refractivity contribution is 5.70. The highest BCUT2D eigenvalue weighted by Crippen LogP contribution is 2.16. The number of hydrogen-bond donors (Lipinski definition) is 0. The van der Waals surface area contributed by atoms with Crippen LogP contribution in [0.25, 0.3) is 0 Å². The standard InChI is InChI=1S/C49H91NO7/c1-6-8-10-12-14-16-18-20-22-23-24-25-26-28-29-31-33-35-37-39-47(51)56-44-45(43-55-42-41-46(49(53)54)50(3,4)5)57-48(52)40-38-36-34-32-30-27-21-19-17-15-13-11-9-7-2/h9,11,15,17,45-46H,6-8,10,12-14,16,18-44H2,1-5H3/b11-9+,17-15+. The van der Waals surface area contributed by atoms with Crippen LogP contribution in [0.5, 0.6) is 0 Å². The molecule has 0 aromatic heterocycles. The third-order valence-corrected chi connectivity index (χ3v) is 10.9. The Morgan fingerprint density at radius 3 is 1.44 bits per heavy atom. The second kappa shape index (κ2) is 40.6. The van der Waals surface area contributed by atoms with Crippen LogP contribution in [-0.4, -0.2) is 75.5 Å². The van der Waals surface area contributed by atoms with E-state index in [2.05, 4.69) is 38.2 Å². The molecule has 0 aliphatic heterocycles. The van der Waals surface area contributed by atoms with Crippen molar-refractivity contribution in [1.82, 2.24) is 0 Å². The average Bonchev–Trinajstić information content (AvgIpc) is 3.17. The molecule has 0 radical (unpaired) electrons. The van der Waals surface area contributed by atoms with Crippen LogP contribution in [0.4, 0.5) is 0 Å². The fourth-order valence-electron chi connectivity index (χ4n) is 7.17. The Morgan fingerprint density at radius 2 is 0.982 bits per heavy atom. The molecule has 0 aliphatic carbocycles. The molecule has 0 saturated carbocycles. The smallest absolute Gasteiger partial charge is 0.306 e. The van der Waals surface area contributed by atoms with Crippen LogP contribution < -0.4 is 5.11 Å². The first-order valence-corrected chi connectivity index (χ1v) is 23.9. The SMILES string of the molecule is CC/C=C/C/C=C/CCCCCCCCCC(=O)OC(COCCC(C(=O)[O-])[N+](C)(C)C)COC(=O)CCCCCCCCCCCCCCCCCCCCC. The molecule has 0 N–H and O–H groups in total. The van der Waals surface area contributed by atoms with E-state index >= 15 is 0 Å². The number of nitrogens with zero attached hydrogens (tertiary/aromatic N) is 1. The third-order valence-electron chi connectivity index (χ3n) is 10.9. The highest BCUT2D eigenvalue weighted by Gasteiger charge is 2.25. The van der Waals surface area contributed by atoms with Crippen molar-refractivity contribution >= 4 is 17.9 Å². The minimum atomic E-state index is -1.12. The Morgan fingerprint density at radius 1 is 0.544 bits per heavy atom. The zero-order chi connectivity index (χ0) is 42.1. The first kappa shape index (κ1) is 54.8. The number of esters is 2. The minimum absolute atomic E-state index is 0.0415. The van der Waals surface area contributed by atoms with Crippen LogP contribution in [0.3, 0.4) is 0 Å². The molecular weight excluding hydrogens is 715 g/mol. The predicted octanol–water partition coefficient (Wildman–Crippen LogP) is 11.9. The summed E-state index contributed by atoms with van der Waals surface area (Å²) >= 11 is 0. The van der Waals surface area contributed by atoms with Gasteiger partial charge >= 0.3 is 11.9 Å². The molecule has 0 aromatic carbocycles. The number of rotatable bonds is 43. The quantitative estimate of drug-likeness (QED) is 0.0262. The lowest BCUT2D eigenvalue weighted by atomic mass is 10.0. The van der Waals surface area contributed by atoms with Crippen LogP contribution in [0, 0.1) is 0 Å². The van der Waals surface area contributed by atoms with Crippen LogP contribution in [0.2, 0.25) is 0 Å². The Bertz CT molecular complexity index is 989. The summed E-state index contributed by atoms with van der Waals surface area (Å²) in [5, 5.41) is 11.6. The monoisotopic (exact) mass is 806 g/mol. The second-order valence-electron chi connectivity index (χ2n) is 17.3. The number of carbonyl (C=O) groups excluding carboxylic acids is 3. The third kappa shape index (κ3) is 39.1. The molecule has 334 valence electrons. The van der Waals surface area contributed by atoms with Gasteiger partial charge in [0.2, 0.25) is 0 Å². The van der Waals surface area contributed by atoms with Crippen molar-refractivity contribution in [1.29, 1.82) is 0 Å². The van der Waals surface area contributed by atoms with Gasteiger partial charge < -0.3 is 28.6 Å². The van der Waals surface area contributed by atoms with E-state index in [-0.39, 0.29) is 42.7 Å². The van der Waals surface area contributed by atoms with Gasteiger partial charge in [-0.3, -0.25) is 9.59 Å². The summed E-state index contributed by atoms with van der Waals surface area (Å²) in [5.74, 6) is -1.73. The Hall–Kier alpha value is -2.19. The van der Waals surface area contributed by atoms with Gasteiger partial charge in [-0.25, -0.2) is 0 Å². The fraction of sp³-hybridized carbons (Fsp3) is 0.857. The maximum Gasteiger partial charge on any atom is 0.306 e. The van der Waals surface area contributed by atoms with Gasteiger partial charge in [0.1, 0.15) is 12.6 Å². The van der Waals surface area contributed by atoms with Crippen molar-refractivity contribution < 1.29 is 38.2 Å². The Balaban J connectivity index is 4.24. The number of hydrogen-bond acceptors (Lipinski definition) is 7. The van der Waals surface area contributed by atoms with Gasteiger partial charge in [0.15, 0.2) is 6.10 Å². The lowest BCUT2D eigenvalue weighted by Gasteiger charge is -2.34. The van der Waals surface area contributed by atoms with E-state index in [1.54, 1.807) is 21.1 Å². The fourth-order valence-corrected chi connectivity index (χ4v) is 7.17. The molecule has 2 atom stereocenters. The molecular formula is C49H91NO7. The predicted molar refractivity (Wildman–Crippen MR) is 236 cm³/mol. The Labute approximate surface area is 351 Å². The van der Waals surface area contributed by atoms with Crippen molar-refractivity contribution in [2.45, 2.75) is 231 Å². The van der Waals surface area contributed by atoms with Gasteiger partial charge in [-0.05, 0) is 38.5 Å². The number of aliphatic carboxylic acids is 1. The zero-order valence-electron chi connectivity index (χ0n) is 38.0. The maximum absolute atomic E-state index is 12.7. The van der Waals surface area contributed by atoms with Gasteiger partial charge in [0, 0.05) is 19.3 Å². The van der Waals surface area contributed by atoms with E-state index in [9.17, 15) is 19.5 Å². The normalized spacial score (nSPS) is 13.1. The summed E-state index contributed by atoms with van der Waals surface area (Å²) in [5.41, 5.74) is 0. The van der Waals surface area contributed by atoms with Crippen LogP contribution in [0.15, 0.2) is 24.3 Å². The molecule has 0 amide bonds. The van der Waals surface area contributed by atoms with Crippen molar-refractivity contribution in [3.8, 4) is 0 Å². The molecule has 57 heavy (non-hydrogen) atoms. The maximum atomic E-state index is 12.7. The molecule has 0 saturated heterocycles. The zero-order valence-corrected chi connectivity index (χ0v) is 38.0. The average molecular weight is 806 g/mol. The van der Waals surface area contributed by atoms with E-state index in [0.29, 0.717) is 12.8 Å². The number of quaternary nitrogens is 1. The topological polar surface area (TPSA) is 102 Å². The van der Waals surface area contributed by atoms with Gasteiger partial charge in [0.05, 0.1) is 40.3 Å². The summed E-state index contributed by atoms with van der Waals surface area (Å²) in [4.78, 5) is 36.9. The number of carbonyl (C=O) groups is 3. The van der Waals surface area contributed by atoms with E-state index in [0.717, 1.165) is 57.8 Å². The van der Waals surface area contributed by atoms with Crippen molar-refractivity contribution in [2.75, 3.05) is 41.0 Å². The molecule has 2 unspecified atom stereocenters. The van der Waals surface area contributed by atoms with E-state index < -0.39 is 18.1 Å². The molecule has 0 fully saturated rings. The number of allylic oxidation sites excluding steroid dienone is 4. The first-order chi connectivity index (χ1) is 27.6. The molecule has 0 bridgehead atoms. The molecule has 8 heteroatoms. The summed E-state index contributed by atoms with van der Waals surface area (Å²) in [6.07, 6.45) is 44.9. The summed E-state index contributed by atoms with van der Waals surface area (Å²) in [7, 11) is 5.41. The van der Waals surface area contributed by atoms with E-state index in [1.165, 1.54) is 128 Å². The molecule has 0 aliphatic rings. The van der Waals surface area contributed by atoms with E-state index in [4.69, 9.17) is 14.2 Å². The minimum Gasteiger partial charge on any atom is -0.544 e. The summed E-state index contributed by atoms with van der Waals surface area (Å²) in [6.45, 7) is 4.58. The Kier molecular flexibility index (Phi) is 39.0. The number of likely N-dealkylation sites (N-methyl/N-ethyl adjacent to an activating group) is 1. The van der Waals surface area contributed by atoms with Gasteiger partial charge in [-0.2, -0.15) is 0 Å². The van der Waals surface area contributed by atoms with Gasteiger partial charge in [-0.15, -0.1) is 0 Å². The van der Waals surface area contributed by atoms with E-state index in [1.807, 2.05) is 0 Å². The van der Waals surface area contributed by atoms with Crippen LogP contribution in [-0.2, 0) is 28.6 Å². The van der Waals surface area contributed by atoms with Crippen LogP contribution >= 0.6 is 0 Å². The molecule has 0 rings (SSSR count). The largest absolute Gasteiger partial charge is 0.544 e. The molecule has 0 aromatic rings. The first-order valence-electron chi connectivity index (χ1n) is 23.9. The number of carboxylic acids is 1. The number of ether oxygens (including phenoxy) is 3. The van der Waals surface area contributed by atoms with Crippen molar-refractivity contribution in [3.05, 3.63) is 24.3 Å². The van der Waals surface area contributed by atoms with Crippen molar-refractivity contribution in [2.24, 2.45) is 0 Å². The van der Waals surface area contributed by atoms with Crippen LogP contribution in [0.1, 0.15) is 219 Å². The second-order valence-corrected chi connectivity index (χ2v) is 17.3. The highest BCUT2D eigenvalue weighted by atomic mass is 16.6. The molecule has 8 nitrogen and oxygen atoms in total. The van der Waals surface area contributed by atoms with Gasteiger partial charge in [-0.1, -0.05) is 186 Å². The summed E-state index contributed by atoms with van der Waals surface area (Å²) < 4.78 is 17.2. The number of unbranched alkanes of at least 4 members (excludes halogenated alkanes) is 25.